The highest BCUT2D eigenvalue weighted by atomic mass is 16.5. The van der Waals surface area contributed by atoms with E-state index in [1.807, 2.05) is 36.4 Å². The fourth-order valence-corrected chi connectivity index (χ4v) is 2.44. The number of hydrogen-bond donors (Lipinski definition) is 1. The minimum atomic E-state index is -0.164. The second kappa shape index (κ2) is 8.17. The Morgan fingerprint density at radius 3 is 2.78 bits per heavy atom. The van der Waals surface area contributed by atoms with E-state index in [4.69, 9.17) is 4.74 Å². The third kappa shape index (κ3) is 4.45. The number of nitrogens with zero attached hydrogens (tertiary/aromatic N) is 2. The maximum absolute atomic E-state index is 12.5. The summed E-state index contributed by atoms with van der Waals surface area (Å²) in [4.78, 5) is 18.6. The van der Waals surface area contributed by atoms with Crippen molar-refractivity contribution in [2.24, 2.45) is 0 Å². The van der Waals surface area contributed by atoms with Crippen molar-refractivity contribution in [1.82, 2.24) is 9.88 Å². The number of ether oxygens (including phenoxy) is 1. The SMILES string of the molecule is CCC[C@H](c1ccccn1)N(C)C(=O)Nc1cccc(OC)c1. The van der Waals surface area contributed by atoms with Gasteiger partial charge in [-0.1, -0.05) is 25.5 Å². The highest BCUT2D eigenvalue weighted by Crippen LogP contribution is 2.24. The largest absolute Gasteiger partial charge is 0.497 e. The number of aromatic nitrogens is 1. The van der Waals surface area contributed by atoms with Crippen molar-refractivity contribution in [3.63, 3.8) is 0 Å². The third-order valence-electron chi connectivity index (χ3n) is 3.70. The van der Waals surface area contributed by atoms with Gasteiger partial charge < -0.3 is 15.0 Å². The summed E-state index contributed by atoms with van der Waals surface area (Å²) in [5, 5.41) is 2.90. The summed E-state index contributed by atoms with van der Waals surface area (Å²) < 4.78 is 5.18. The van der Waals surface area contributed by atoms with Gasteiger partial charge in [-0.15, -0.1) is 0 Å². The van der Waals surface area contributed by atoms with Crippen molar-refractivity contribution in [2.45, 2.75) is 25.8 Å². The quantitative estimate of drug-likeness (QED) is 0.873. The molecule has 1 heterocycles. The molecule has 122 valence electrons. The zero-order valence-electron chi connectivity index (χ0n) is 13.8. The Morgan fingerprint density at radius 1 is 1.30 bits per heavy atom. The molecule has 0 aliphatic carbocycles. The molecule has 0 aliphatic heterocycles. The monoisotopic (exact) mass is 313 g/mol. The van der Waals surface area contributed by atoms with Gasteiger partial charge in [0.1, 0.15) is 5.75 Å². The van der Waals surface area contributed by atoms with Crippen LogP contribution < -0.4 is 10.1 Å². The molecule has 0 aliphatic rings. The number of carbonyl (C=O) groups excluding carboxylic acids is 1. The van der Waals surface area contributed by atoms with Crippen molar-refractivity contribution < 1.29 is 9.53 Å². The Hall–Kier alpha value is -2.56. The van der Waals surface area contributed by atoms with E-state index < -0.39 is 0 Å². The number of carbonyl (C=O) groups is 1. The number of urea groups is 1. The summed E-state index contributed by atoms with van der Waals surface area (Å²) in [5.41, 5.74) is 1.61. The molecule has 1 N–H and O–H groups in total. The zero-order chi connectivity index (χ0) is 16.7. The van der Waals surface area contributed by atoms with Gasteiger partial charge >= 0.3 is 6.03 Å². The summed E-state index contributed by atoms with van der Waals surface area (Å²) in [7, 11) is 3.40. The molecule has 0 radical (unpaired) electrons. The van der Waals surface area contributed by atoms with Crippen molar-refractivity contribution in [3.05, 3.63) is 54.4 Å². The van der Waals surface area contributed by atoms with E-state index in [2.05, 4.69) is 17.2 Å². The second-order valence-electron chi connectivity index (χ2n) is 5.33. The molecule has 0 bridgehead atoms. The molecular formula is C18H23N3O2. The second-order valence-corrected chi connectivity index (χ2v) is 5.33. The Kier molecular flexibility index (Phi) is 5.97. The van der Waals surface area contributed by atoms with Gasteiger partial charge in [0.15, 0.2) is 0 Å². The number of methoxy groups -OCH3 is 1. The van der Waals surface area contributed by atoms with Crippen LogP contribution in [0.25, 0.3) is 0 Å². The maximum Gasteiger partial charge on any atom is 0.322 e. The molecule has 1 aromatic heterocycles. The van der Waals surface area contributed by atoms with E-state index in [0.29, 0.717) is 11.4 Å². The highest BCUT2D eigenvalue weighted by molar-refractivity contribution is 5.89. The van der Waals surface area contributed by atoms with Gasteiger partial charge in [-0.3, -0.25) is 4.98 Å². The van der Waals surface area contributed by atoms with Crippen molar-refractivity contribution in [3.8, 4) is 5.75 Å². The molecule has 5 nitrogen and oxygen atoms in total. The topological polar surface area (TPSA) is 54.5 Å². The normalized spacial score (nSPS) is 11.6. The predicted octanol–water partition coefficient (Wildman–Crippen LogP) is 4.10. The van der Waals surface area contributed by atoms with Crippen LogP contribution >= 0.6 is 0 Å². The van der Waals surface area contributed by atoms with Crippen LogP contribution in [-0.4, -0.2) is 30.1 Å². The van der Waals surface area contributed by atoms with E-state index in [9.17, 15) is 4.79 Å². The van der Waals surface area contributed by atoms with Crippen molar-refractivity contribution in [1.29, 1.82) is 0 Å². The zero-order valence-corrected chi connectivity index (χ0v) is 13.8. The lowest BCUT2D eigenvalue weighted by Crippen LogP contribution is -2.35. The first-order chi connectivity index (χ1) is 11.2. The first-order valence-corrected chi connectivity index (χ1v) is 7.74. The van der Waals surface area contributed by atoms with E-state index in [-0.39, 0.29) is 12.1 Å². The molecule has 2 aromatic rings. The summed E-state index contributed by atoms with van der Waals surface area (Å²) >= 11 is 0. The fourth-order valence-electron chi connectivity index (χ4n) is 2.44. The Labute approximate surface area is 137 Å². The Morgan fingerprint density at radius 2 is 2.13 bits per heavy atom. The third-order valence-corrected chi connectivity index (χ3v) is 3.70. The molecule has 0 unspecified atom stereocenters. The van der Waals surface area contributed by atoms with Gasteiger partial charge in [-0.05, 0) is 30.7 Å². The smallest absolute Gasteiger partial charge is 0.322 e. The fraction of sp³-hybridized carbons (Fsp3) is 0.333. The molecule has 0 saturated heterocycles. The van der Waals surface area contributed by atoms with Gasteiger partial charge in [0, 0.05) is 25.0 Å². The van der Waals surface area contributed by atoms with Crippen LogP contribution in [0.15, 0.2) is 48.7 Å². The summed E-state index contributed by atoms with van der Waals surface area (Å²) in [6.07, 6.45) is 3.59. The van der Waals surface area contributed by atoms with Gasteiger partial charge in [0.05, 0.1) is 18.8 Å². The average Bonchev–Trinajstić information content (AvgIpc) is 2.60. The minimum Gasteiger partial charge on any atom is -0.497 e. The van der Waals surface area contributed by atoms with Crippen LogP contribution in [0.1, 0.15) is 31.5 Å². The molecular weight excluding hydrogens is 290 g/mol. The molecule has 1 aromatic carbocycles. The predicted molar refractivity (Wildman–Crippen MR) is 91.7 cm³/mol. The molecule has 2 rings (SSSR count). The highest BCUT2D eigenvalue weighted by Gasteiger charge is 2.22. The molecule has 23 heavy (non-hydrogen) atoms. The lowest BCUT2D eigenvalue weighted by atomic mass is 10.1. The van der Waals surface area contributed by atoms with E-state index >= 15 is 0 Å². The molecule has 1 atom stereocenters. The van der Waals surface area contributed by atoms with E-state index in [1.54, 1.807) is 31.3 Å². The molecule has 2 amide bonds. The lowest BCUT2D eigenvalue weighted by Gasteiger charge is -2.27. The Balaban J connectivity index is 2.12. The number of pyridine rings is 1. The summed E-state index contributed by atoms with van der Waals surface area (Å²) in [6.45, 7) is 2.10. The first kappa shape index (κ1) is 16.8. The number of anilines is 1. The molecule has 0 spiro atoms. The van der Waals surface area contributed by atoms with Crippen LogP contribution in [0.3, 0.4) is 0 Å². The van der Waals surface area contributed by atoms with Gasteiger partial charge in [-0.2, -0.15) is 0 Å². The van der Waals surface area contributed by atoms with Gasteiger partial charge in [0.25, 0.3) is 0 Å². The number of nitrogens with one attached hydrogen (secondary N) is 1. The number of hydrogen-bond acceptors (Lipinski definition) is 3. The molecule has 5 heteroatoms. The van der Waals surface area contributed by atoms with Gasteiger partial charge in [-0.25, -0.2) is 4.79 Å². The van der Waals surface area contributed by atoms with Gasteiger partial charge in [0.2, 0.25) is 0 Å². The first-order valence-electron chi connectivity index (χ1n) is 7.74. The molecule has 0 fully saturated rings. The van der Waals surface area contributed by atoms with E-state index in [1.165, 1.54) is 0 Å². The van der Waals surface area contributed by atoms with Crippen molar-refractivity contribution in [2.75, 3.05) is 19.5 Å². The standard InChI is InChI=1S/C18H23N3O2/c1-4-8-17(16-11-5-6-12-19-16)21(2)18(22)20-14-9-7-10-15(13-14)23-3/h5-7,9-13,17H,4,8H2,1-3H3,(H,20,22)/t17-/m1/s1. The summed E-state index contributed by atoms with van der Waals surface area (Å²) in [6, 6.07) is 12.9. The maximum atomic E-state index is 12.5. The number of amides is 2. The number of rotatable bonds is 6. The van der Waals surface area contributed by atoms with Crippen LogP contribution in [0.5, 0.6) is 5.75 Å². The molecule has 0 saturated carbocycles. The Bertz CT molecular complexity index is 631. The summed E-state index contributed by atoms with van der Waals surface area (Å²) in [5.74, 6) is 0.709. The number of benzene rings is 1. The van der Waals surface area contributed by atoms with E-state index in [0.717, 1.165) is 18.5 Å². The van der Waals surface area contributed by atoms with Crippen LogP contribution in [0.4, 0.5) is 10.5 Å². The van der Waals surface area contributed by atoms with Crippen LogP contribution in [0.2, 0.25) is 0 Å². The van der Waals surface area contributed by atoms with Crippen LogP contribution in [0, 0.1) is 0 Å². The lowest BCUT2D eigenvalue weighted by molar-refractivity contribution is 0.199. The van der Waals surface area contributed by atoms with Crippen molar-refractivity contribution >= 4 is 11.7 Å². The minimum absolute atomic E-state index is 0.0493. The average molecular weight is 313 g/mol. The van der Waals surface area contributed by atoms with Crippen LogP contribution in [-0.2, 0) is 0 Å².